The van der Waals surface area contributed by atoms with Crippen LogP contribution in [0.2, 0.25) is 0 Å². The molecule has 1 aromatic rings. The number of nitrogens with one attached hydrogen (secondary N) is 2. The van der Waals surface area contributed by atoms with Gasteiger partial charge in [0.15, 0.2) is 5.96 Å². The third-order valence-electron chi connectivity index (χ3n) is 3.27. The van der Waals surface area contributed by atoms with Gasteiger partial charge in [-0.05, 0) is 38.5 Å². The van der Waals surface area contributed by atoms with Crippen molar-refractivity contribution in [1.82, 2.24) is 10.6 Å². The molecule has 0 radical (unpaired) electrons. The number of hydrogen-bond donors (Lipinski definition) is 2. The van der Waals surface area contributed by atoms with Crippen molar-refractivity contribution in [1.29, 1.82) is 0 Å². The molecule has 19 heavy (non-hydrogen) atoms. The Balaban J connectivity index is 1.86. The third kappa shape index (κ3) is 4.49. The molecule has 5 heteroatoms. The molecule has 1 unspecified atom stereocenters. The van der Waals surface area contributed by atoms with Gasteiger partial charge in [0, 0.05) is 23.4 Å². The van der Waals surface area contributed by atoms with Crippen molar-refractivity contribution in [3.05, 3.63) is 24.2 Å². The maximum absolute atomic E-state index is 5.05. The summed E-state index contributed by atoms with van der Waals surface area (Å²) >= 11 is 2.06. The lowest BCUT2D eigenvalue weighted by Gasteiger charge is -2.24. The maximum Gasteiger partial charge on any atom is 0.191 e. The van der Waals surface area contributed by atoms with Crippen molar-refractivity contribution in [3.63, 3.8) is 0 Å². The zero-order chi connectivity index (χ0) is 13.6. The van der Waals surface area contributed by atoms with Gasteiger partial charge in [-0.15, -0.1) is 0 Å². The van der Waals surface area contributed by atoms with Crippen LogP contribution in [0.4, 0.5) is 0 Å². The number of rotatable bonds is 5. The maximum atomic E-state index is 5.05. The Morgan fingerprint density at radius 2 is 2.42 bits per heavy atom. The van der Waals surface area contributed by atoms with Crippen molar-refractivity contribution in [3.8, 4) is 0 Å². The lowest BCUT2D eigenvalue weighted by Crippen LogP contribution is -2.43. The number of guanidine groups is 1. The molecule has 1 aliphatic rings. The molecule has 1 atom stereocenters. The van der Waals surface area contributed by atoms with E-state index in [0.717, 1.165) is 24.6 Å². The van der Waals surface area contributed by atoms with Crippen LogP contribution in [-0.4, -0.2) is 29.5 Å². The monoisotopic (exact) mass is 281 g/mol. The second kappa shape index (κ2) is 6.89. The molecule has 1 aliphatic heterocycles. The van der Waals surface area contributed by atoms with Crippen LogP contribution in [0.3, 0.4) is 0 Å². The number of nitrogens with zero attached hydrogens (tertiary/aromatic N) is 1. The third-order valence-corrected chi connectivity index (χ3v) is 4.81. The molecule has 2 N–H and O–H groups in total. The lowest BCUT2D eigenvalue weighted by atomic mass is 10.1. The van der Waals surface area contributed by atoms with E-state index in [2.05, 4.69) is 41.2 Å². The summed E-state index contributed by atoms with van der Waals surface area (Å²) < 4.78 is 5.40. The van der Waals surface area contributed by atoms with Crippen LogP contribution >= 0.6 is 11.8 Å². The standard InChI is InChI=1S/C14H23N3OS/c1-3-15-13(16-9-12-5-7-18-10-12)17-11-14(2)6-4-8-19-14/h5,7,10H,3-4,6,8-9,11H2,1-2H3,(H2,15,16,17). The summed E-state index contributed by atoms with van der Waals surface area (Å²) in [6, 6.07) is 1.95. The first kappa shape index (κ1) is 14.3. The summed E-state index contributed by atoms with van der Waals surface area (Å²) in [5.74, 6) is 2.17. The van der Waals surface area contributed by atoms with E-state index < -0.39 is 0 Å². The van der Waals surface area contributed by atoms with E-state index in [-0.39, 0.29) is 0 Å². The fraction of sp³-hybridized carbons (Fsp3) is 0.643. The van der Waals surface area contributed by atoms with E-state index in [1.165, 1.54) is 18.6 Å². The highest BCUT2D eigenvalue weighted by molar-refractivity contribution is 8.00. The molecule has 0 spiro atoms. The molecule has 2 rings (SSSR count). The van der Waals surface area contributed by atoms with E-state index in [1.807, 2.05) is 6.07 Å². The average Bonchev–Trinajstić information content (AvgIpc) is 3.05. The Hall–Kier alpha value is -1.10. The zero-order valence-electron chi connectivity index (χ0n) is 11.7. The van der Waals surface area contributed by atoms with Gasteiger partial charge in [0.2, 0.25) is 0 Å². The van der Waals surface area contributed by atoms with Crippen molar-refractivity contribution >= 4 is 17.7 Å². The first-order chi connectivity index (χ1) is 9.22. The van der Waals surface area contributed by atoms with Crippen molar-refractivity contribution in [2.24, 2.45) is 4.99 Å². The Labute approximate surface area is 119 Å². The molecular formula is C14H23N3OS. The Morgan fingerprint density at radius 3 is 3.05 bits per heavy atom. The molecule has 2 heterocycles. The van der Waals surface area contributed by atoms with Crippen molar-refractivity contribution < 1.29 is 4.42 Å². The largest absolute Gasteiger partial charge is 0.472 e. The normalized spacial score (nSPS) is 23.6. The summed E-state index contributed by atoms with van der Waals surface area (Å²) in [5.41, 5.74) is 1.10. The zero-order valence-corrected chi connectivity index (χ0v) is 12.6. The molecular weight excluding hydrogens is 258 g/mol. The van der Waals surface area contributed by atoms with Crippen LogP contribution in [0.15, 0.2) is 28.0 Å². The molecule has 0 amide bonds. The summed E-state index contributed by atoms with van der Waals surface area (Å²) in [6.07, 6.45) is 6.03. The van der Waals surface area contributed by atoms with Gasteiger partial charge in [-0.3, -0.25) is 0 Å². The second-order valence-corrected chi connectivity index (χ2v) is 6.76. The lowest BCUT2D eigenvalue weighted by molar-refractivity contribution is 0.563. The molecule has 4 nitrogen and oxygen atoms in total. The summed E-state index contributed by atoms with van der Waals surface area (Å²) in [4.78, 5) is 4.57. The topological polar surface area (TPSA) is 49.6 Å². The molecule has 0 saturated carbocycles. The van der Waals surface area contributed by atoms with E-state index in [4.69, 9.17) is 4.42 Å². The predicted octanol–water partition coefficient (Wildman–Crippen LogP) is 2.62. The minimum absolute atomic E-state index is 0.353. The minimum atomic E-state index is 0.353. The quantitative estimate of drug-likeness (QED) is 0.643. The summed E-state index contributed by atoms with van der Waals surface area (Å²) in [6.45, 7) is 6.91. The Bertz CT molecular complexity index is 397. The SMILES string of the molecule is CCNC(=NCc1ccoc1)NCC1(C)CCCS1. The smallest absolute Gasteiger partial charge is 0.191 e. The van der Waals surface area contributed by atoms with Gasteiger partial charge in [-0.25, -0.2) is 4.99 Å². The highest BCUT2D eigenvalue weighted by Gasteiger charge is 2.29. The van der Waals surface area contributed by atoms with Gasteiger partial charge in [-0.1, -0.05) is 0 Å². The van der Waals surface area contributed by atoms with Gasteiger partial charge in [-0.2, -0.15) is 11.8 Å². The average molecular weight is 281 g/mol. The molecule has 1 aromatic heterocycles. The number of hydrogen-bond acceptors (Lipinski definition) is 3. The van der Waals surface area contributed by atoms with Crippen molar-refractivity contribution in [2.75, 3.05) is 18.8 Å². The van der Waals surface area contributed by atoms with Gasteiger partial charge in [0.05, 0.1) is 19.1 Å². The summed E-state index contributed by atoms with van der Waals surface area (Å²) in [5, 5.41) is 6.74. The predicted molar refractivity (Wildman–Crippen MR) is 81.6 cm³/mol. The van der Waals surface area contributed by atoms with Crippen LogP contribution in [0, 0.1) is 0 Å². The summed E-state index contributed by atoms with van der Waals surface area (Å²) in [7, 11) is 0. The van der Waals surface area contributed by atoms with E-state index in [0.29, 0.717) is 11.3 Å². The minimum Gasteiger partial charge on any atom is -0.472 e. The van der Waals surface area contributed by atoms with E-state index in [1.54, 1.807) is 12.5 Å². The first-order valence-corrected chi connectivity index (χ1v) is 7.88. The van der Waals surface area contributed by atoms with E-state index >= 15 is 0 Å². The van der Waals surface area contributed by atoms with Crippen LogP contribution in [0.5, 0.6) is 0 Å². The van der Waals surface area contributed by atoms with Gasteiger partial charge >= 0.3 is 0 Å². The van der Waals surface area contributed by atoms with E-state index in [9.17, 15) is 0 Å². The number of thioether (sulfide) groups is 1. The van der Waals surface area contributed by atoms with Gasteiger partial charge in [0.1, 0.15) is 0 Å². The fourth-order valence-electron chi connectivity index (χ4n) is 2.14. The second-order valence-electron chi connectivity index (χ2n) is 5.08. The van der Waals surface area contributed by atoms with Crippen molar-refractivity contribution in [2.45, 2.75) is 38.0 Å². The molecule has 1 saturated heterocycles. The molecule has 106 valence electrons. The Kier molecular flexibility index (Phi) is 5.19. The van der Waals surface area contributed by atoms with Crippen LogP contribution in [0.1, 0.15) is 32.3 Å². The van der Waals surface area contributed by atoms with Crippen LogP contribution in [-0.2, 0) is 6.54 Å². The molecule has 0 aromatic carbocycles. The van der Waals surface area contributed by atoms with Crippen LogP contribution in [0.25, 0.3) is 0 Å². The highest BCUT2D eigenvalue weighted by Crippen LogP contribution is 2.36. The Morgan fingerprint density at radius 1 is 1.53 bits per heavy atom. The molecule has 1 fully saturated rings. The van der Waals surface area contributed by atoms with Gasteiger partial charge < -0.3 is 15.1 Å². The first-order valence-electron chi connectivity index (χ1n) is 6.89. The molecule has 0 aliphatic carbocycles. The number of aliphatic imine (C=N–C) groups is 1. The molecule has 0 bridgehead atoms. The highest BCUT2D eigenvalue weighted by atomic mass is 32.2. The van der Waals surface area contributed by atoms with Crippen LogP contribution < -0.4 is 10.6 Å². The fourth-order valence-corrected chi connectivity index (χ4v) is 3.39. The number of furan rings is 1. The van der Waals surface area contributed by atoms with Gasteiger partial charge in [0.25, 0.3) is 0 Å².